The van der Waals surface area contributed by atoms with Gasteiger partial charge < -0.3 is 10.1 Å². The Kier molecular flexibility index (Phi) is 5.88. The highest BCUT2D eigenvalue weighted by Crippen LogP contribution is 2.40. The quantitative estimate of drug-likeness (QED) is 0.562. The van der Waals surface area contributed by atoms with E-state index in [1.807, 2.05) is 32.0 Å². The SMILES string of the molecule is Cc1nc(-c2ccc3c(c2)N(CC(=O)Nc2sc4c(c2C#N)CCC(C)C4)C(=O)CO3)c(C)s1. The number of nitrogens with zero attached hydrogens (tertiary/aromatic N) is 3. The first kappa shape index (κ1) is 22.6. The molecule has 3 heterocycles. The Morgan fingerprint density at radius 2 is 2.18 bits per heavy atom. The number of hydrogen-bond acceptors (Lipinski definition) is 7. The van der Waals surface area contributed by atoms with Gasteiger partial charge in [-0.15, -0.1) is 22.7 Å². The lowest BCUT2D eigenvalue weighted by molar-refractivity contribution is -0.123. The van der Waals surface area contributed by atoms with Crippen LogP contribution in [0.5, 0.6) is 5.75 Å². The first-order valence-corrected chi connectivity index (χ1v) is 12.8. The number of carbonyl (C=O) groups excluding carboxylic acids is 2. The molecule has 3 aromatic rings. The number of rotatable bonds is 4. The highest BCUT2D eigenvalue weighted by molar-refractivity contribution is 7.16. The van der Waals surface area contributed by atoms with Crippen molar-refractivity contribution in [2.75, 3.05) is 23.4 Å². The van der Waals surface area contributed by atoms with Crippen molar-refractivity contribution >= 4 is 45.2 Å². The van der Waals surface area contributed by atoms with Crippen molar-refractivity contribution < 1.29 is 14.3 Å². The lowest BCUT2D eigenvalue weighted by atomic mass is 9.89. The molecule has 5 rings (SSSR count). The number of fused-ring (bicyclic) bond motifs is 2. The molecule has 0 saturated heterocycles. The molecular weight excluding hydrogens is 468 g/mol. The van der Waals surface area contributed by atoms with E-state index in [9.17, 15) is 14.9 Å². The largest absolute Gasteiger partial charge is 0.482 e. The molecule has 2 amide bonds. The highest BCUT2D eigenvalue weighted by atomic mass is 32.1. The minimum absolute atomic E-state index is 0.122. The molecule has 1 atom stereocenters. The van der Waals surface area contributed by atoms with E-state index in [0.717, 1.165) is 46.0 Å². The molecule has 1 aliphatic heterocycles. The maximum atomic E-state index is 13.0. The zero-order chi connectivity index (χ0) is 24.0. The summed E-state index contributed by atoms with van der Waals surface area (Å²) in [6.45, 7) is 5.90. The summed E-state index contributed by atoms with van der Waals surface area (Å²) in [5.74, 6) is 0.503. The molecule has 0 spiro atoms. The van der Waals surface area contributed by atoms with Gasteiger partial charge in [-0.05, 0) is 62.8 Å². The fraction of sp³-hybridized carbons (Fsp3) is 0.360. The van der Waals surface area contributed by atoms with Crippen LogP contribution < -0.4 is 15.0 Å². The van der Waals surface area contributed by atoms with E-state index in [2.05, 4.69) is 23.3 Å². The molecule has 1 unspecified atom stereocenters. The number of nitriles is 1. The molecule has 0 radical (unpaired) electrons. The van der Waals surface area contributed by atoms with Crippen molar-refractivity contribution in [1.29, 1.82) is 5.26 Å². The smallest absolute Gasteiger partial charge is 0.265 e. The average Bonchev–Trinajstić information content (AvgIpc) is 3.32. The van der Waals surface area contributed by atoms with Gasteiger partial charge >= 0.3 is 0 Å². The fourth-order valence-corrected chi connectivity index (χ4v) is 6.80. The van der Waals surface area contributed by atoms with E-state index >= 15 is 0 Å². The van der Waals surface area contributed by atoms with Crippen LogP contribution in [0.25, 0.3) is 11.3 Å². The van der Waals surface area contributed by atoms with Crippen molar-refractivity contribution in [3.63, 3.8) is 0 Å². The Bertz CT molecular complexity index is 1350. The number of anilines is 2. The van der Waals surface area contributed by atoms with Crippen molar-refractivity contribution in [2.24, 2.45) is 5.92 Å². The van der Waals surface area contributed by atoms with Gasteiger partial charge in [-0.3, -0.25) is 14.5 Å². The second kappa shape index (κ2) is 8.85. The number of aryl methyl sites for hydroxylation is 2. The van der Waals surface area contributed by atoms with Gasteiger partial charge in [0.05, 0.1) is 22.0 Å². The maximum Gasteiger partial charge on any atom is 0.265 e. The number of carbonyl (C=O) groups is 2. The molecule has 7 nitrogen and oxygen atoms in total. The second-order valence-corrected chi connectivity index (χ2v) is 11.3. The molecule has 0 saturated carbocycles. The van der Waals surface area contributed by atoms with E-state index in [0.29, 0.717) is 27.9 Å². The Balaban J connectivity index is 1.41. The summed E-state index contributed by atoms with van der Waals surface area (Å²) in [6, 6.07) is 7.87. The molecule has 1 aliphatic carbocycles. The highest BCUT2D eigenvalue weighted by Gasteiger charge is 2.30. The molecule has 0 bridgehead atoms. The lowest BCUT2D eigenvalue weighted by Crippen LogP contribution is -2.43. The summed E-state index contributed by atoms with van der Waals surface area (Å²) < 4.78 is 5.61. The molecule has 9 heteroatoms. The van der Waals surface area contributed by atoms with Crippen LogP contribution in [-0.4, -0.2) is 29.9 Å². The van der Waals surface area contributed by atoms with Crippen molar-refractivity contribution in [1.82, 2.24) is 4.98 Å². The van der Waals surface area contributed by atoms with E-state index in [1.165, 1.54) is 21.1 Å². The van der Waals surface area contributed by atoms with E-state index < -0.39 is 0 Å². The first-order valence-electron chi connectivity index (χ1n) is 11.2. The number of aromatic nitrogens is 1. The lowest BCUT2D eigenvalue weighted by Gasteiger charge is -2.29. The summed E-state index contributed by atoms with van der Waals surface area (Å²) in [7, 11) is 0. The van der Waals surface area contributed by atoms with E-state index in [1.54, 1.807) is 11.3 Å². The van der Waals surface area contributed by atoms with Crippen LogP contribution >= 0.6 is 22.7 Å². The number of thiophene rings is 1. The number of hydrogen-bond donors (Lipinski definition) is 1. The number of thiazole rings is 1. The molecule has 174 valence electrons. The summed E-state index contributed by atoms with van der Waals surface area (Å²) in [5.41, 5.74) is 3.91. The van der Waals surface area contributed by atoms with Crippen LogP contribution in [-0.2, 0) is 22.4 Å². The van der Waals surface area contributed by atoms with Crippen molar-refractivity contribution in [3.8, 4) is 23.1 Å². The van der Waals surface area contributed by atoms with Crippen LogP contribution in [0.15, 0.2) is 18.2 Å². The third-order valence-electron chi connectivity index (χ3n) is 6.26. The fourth-order valence-electron chi connectivity index (χ4n) is 4.59. The number of nitrogens with one attached hydrogen (secondary N) is 1. The van der Waals surface area contributed by atoms with Gasteiger partial charge in [-0.1, -0.05) is 6.92 Å². The molecule has 2 aromatic heterocycles. The normalized spacial score (nSPS) is 16.9. The van der Waals surface area contributed by atoms with Gasteiger partial charge in [0.2, 0.25) is 5.91 Å². The van der Waals surface area contributed by atoms with Crippen molar-refractivity contribution in [3.05, 3.63) is 44.1 Å². The maximum absolute atomic E-state index is 13.0. The van der Waals surface area contributed by atoms with Gasteiger partial charge in [-0.25, -0.2) is 4.98 Å². The third-order valence-corrected chi connectivity index (χ3v) is 8.31. The summed E-state index contributed by atoms with van der Waals surface area (Å²) in [5, 5.41) is 14.2. The first-order chi connectivity index (χ1) is 16.3. The van der Waals surface area contributed by atoms with Gasteiger partial charge in [0, 0.05) is 15.3 Å². The standard InChI is InChI=1S/C25H24N4O3S2/c1-13-4-6-17-18(10-26)25(34-21(17)8-13)28-22(30)11-29-19-9-16(24-14(2)33-15(3)27-24)5-7-20(19)32-12-23(29)31/h5,7,9,13H,4,6,8,11-12H2,1-3H3,(H,28,30). The predicted octanol–water partition coefficient (Wildman–Crippen LogP) is 4.85. The van der Waals surface area contributed by atoms with Crippen LogP contribution in [0, 0.1) is 31.1 Å². The Morgan fingerprint density at radius 1 is 1.35 bits per heavy atom. The van der Waals surface area contributed by atoms with E-state index in [-0.39, 0.29) is 25.0 Å². The number of amides is 2. The summed E-state index contributed by atoms with van der Waals surface area (Å²) >= 11 is 3.10. The molecule has 34 heavy (non-hydrogen) atoms. The topological polar surface area (TPSA) is 95.3 Å². The van der Waals surface area contributed by atoms with Gasteiger partial charge in [0.1, 0.15) is 23.4 Å². The number of benzene rings is 1. The Morgan fingerprint density at radius 3 is 2.91 bits per heavy atom. The zero-order valence-corrected chi connectivity index (χ0v) is 20.9. The average molecular weight is 493 g/mol. The van der Waals surface area contributed by atoms with Crippen molar-refractivity contribution in [2.45, 2.75) is 40.0 Å². The van der Waals surface area contributed by atoms with Crippen LogP contribution in [0.4, 0.5) is 10.7 Å². The minimum Gasteiger partial charge on any atom is -0.482 e. The van der Waals surface area contributed by atoms with Gasteiger partial charge in [0.25, 0.3) is 5.91 Å². The third kappa shape index (κ3) is 4.08. The number of ether oxygens (including phenoxy) is 1. The zero-order valence-electron chi connectivity index (χ0n) is 19.2. The summed E-state index contributed by atoms with van der Waals surface area (Å²) in [4.78, 5) is 34.1. The molecule has 0 fully saturated rings. The van der Waals surface area contributed by atoms with Gasteiger partial charge in [-0.2, -0.15) is 5.26 Å². The Hall–Kier alpha value is -3.22. The van der Waals surface area contributed by atoms with Gasteiger partial charge in [0.15, 0.2) is 6.61 Å². The molecule has 1 aromatic carbocycles. The molecular formula is C25H24N4O3S2. The predicted molar refractivity (Wildman–Crippen MR) is 134 cm³/mol. The second-order valence-electron chi connectivity index (χ2n) is 8.80. The molecule has 1 N–H and O–H groups in total. The van der Waals surface area contributed by atoms with Crippen LogP contribution in [0.2, 0.25) is 0 Å². The van der Waals surface area contributed by atoms with E-state index in [4.69, 9.17) is 4.74 Å². The molecule has 2 aliphatic rings. The minimum atomic E-state index is -0.338. The monoisotopic (exact) mass is 492 g/mol. The summed E-state index contributed by atoms with van der Waals surface area (Å²) in [6.07, 6.45) is 2.84. The van der Waals surface area contributed by atoms with Crippen LogP contribution in [0.3, 0.4) is 0 Å². The Labute approximate surface area is 206 Å². The van der Waals surface area contributed by atoms with Crippen LogP contribution in [0.1, 0.15) is 39.2 Å².